The van der Waals surface area contributed by atoms with Crippen LogP contribution in [0.25, 0.3) is 0 Å². The van der Waals surface area contributed by atoms with Gasteiger partial charge >= 0.3 is 0 Å². The maximum absolute atomic E-state index is 11.2. The molecule has 0 aliphatic heterocycles. The largest absolute Gasteiger partial charge is 0.384 e. The van der Waals surface area contributed by atoms with Crippen LogP contribution in [0.2, 0.25) is 0 Å². The molecule has 0 fully saturated rings. The van der Waals surface area contributed by atoms with Gasteiger partial charge in [0.1, 0.15) is 18.6 Å². The molecule has 0 rings (SSSR count). The molecule has 18 heavy (non-hydrogen) atoms. The summed E-state index contributed by atoms with van der Waals surface area (Å²) in [5.74, 6) is -0.246. The van der Waals surface area contributed by atoms with Gasteiger partial charge < -0.3 is 26.8 Å². The molecule has 0 aliphatic carbocycles. The summed E-state index contributed by atoms with van der Waals surface area (Å²) in [6.45, 7) is 4.68. The first-order chi connectivity index (χ1) is 8.56. The second-order valence-corrected chi connectivity index (χ2v) is 3.71. The lowest BCUT2D eigenvalue weighted by atomic mass is 10.4. The molecular formula is C11H23N5O2. The number of aliphatic imine (C=N–C) groups is 1. The van der Waals surface area contributed by atoms with Crippen LogP contribution < -0.4 is 22.1 Å². The zero-order chi connectivity index (χ0) is 13.8. The van der Waals surface area contributed by atoms with Crippen LogP contribution in [0, 0.1) is 0 Å². The van der Waals surface area contributed by atoms with Crippen molar-refractivity contribution in [1.29, 1.82) is 0 Å². The van der Waals surface area contributed by atoms with E-state index >= 15 is 0 Å². The lowest BCUT2D eigenvalue weighted by molar-refractivity contribution is -0.118. The molecule has 1 atom stereocenters. The third-order valence-corrected chi connectivity index (χ3v) is 1.90. The molecule has 0 heterocycles. The van der Waals surface area contributed by atoms with Gasteiger partial charge in [-0.1, -0.05) is 13.3 Å². The Balaban J connectivity index is 3.63. The molecule has 7 heteroatoms. The number of ether oxygens (including phenoxy) is 1. The lowest BCUT2D eigenvalue weighted by Crippen LogP contribution is -2.29. The summed E-state index contributed by atoms with van der Waals surface area (Å²) >= 11 is 0. The molecule has 0 saturated carbocycles. The highest BCUT2D eigenvalue weighted by Gasteiger charge is 1.98. The molecule has 0 aliphatic rings. The van der Waals surface area contributed by atoms with Crippen molar-refractivity contribution < 1.29 is 9.53 Å². The maximum atomic E-state index is 11.2. The summed E-state index contributed by atoms with van der Waals surface area (Å²) in [6, 6.07) is 0. The molecule has 1 amide bonds. The van der Waals surface area contributed by atoms with E-state index in [1.165, 1.54) is 12.5 Å². The predicted molar refractivity (Wildman–Crippen MR) is 71.4 cm³/mol. The average Bonchev–Trinajstić information content (AvgIpc) is 2.32. The number of unbranched alkanes of at least 4 members (excludes halogenated alkanes) is 1. The van der Waals surface area contributed by atoms with Crippen LogP contribution in [-0.2, 0) is 9.53 Å². The number of hydrogen-bond acceptors (Lipinski definition) is 5. The number of nitrogens with zero attached hydrogens (tertiary/aromatic N) is 1. The Kier molecular flexibility index (Phi) is 9.38. The third-order valence-electron chi connectivity index (χ3n) is 1.90. The standard InChI is InChI=1S/C11H23N5O2/c1-3-4-5-18-9(2)16-8-14-7-11(17)15-6-10(12)13/h6,8-9H,3-5,7,12-13H2,1-2H3,(H,14,16)(H,15,17). The van der Waals surface area contributed by atoms with Crippen molar-refractivity contribution in [1.82, 2.24) is 10.6 Å². The Hall–Kier alpha value is -1.76. The van der Waals surface area contributed by atoms with Gasteiger partial charge in [0.25, 0.3) is 0 Å². The number of amides is 1. The van der Waals surface area contributed by atoms with E-state index in [1.807, 2.05) is 6.92 Å². The SMILES string of the molecule is CCCCOC(C)NC=NCC(=O)NC=C(N)N. The van der Waals surface area contributed by atoms with Crippen LogP contribution >= 0.6 is 0 Å². The molecule has 0 aromatic rings. The smallest absolute Gasteiger partial charge is 0.245 e. The highest BCUT2D eigenvalue weighted by molar-refractivity contribution is 5.80. The van der Waals surface area contributed by atoms with E-state index in [4.69, 9.17) is 16.2 Å². The van der Waals surface area contributed by atoms with Gasteiger partial charge in [-0.05, 0) is 13.3 Å². The minimum atomic E-state index is -0.291. The van der Waals surface area contributed by atoms with E-state index in [9.17, 15) is 4.79 Å². The Morgan fingerprint density at radius 3 is 2.83 bits per heavy atom. The van der Waals surface area contributed by atoms with Crippen molar-refractivity contribution in [3.05, 3.63) is 12.0 Å². The molecular weight excluding hydrogens is 234 g/mol. The van der Waals surface area contributed by atoms with E-state index in [-0.39, 0.29) is 24.5 Å². The Labute approximate surface area is 108 Å². The van der Waals surface area contributed by atoms with Crippen LogP contribution in [-0.4, -0.2) is 31.6 Å². The summed E-state index contributed by atoms with van der Waals surface area (Å²) in [5.41, 5.74) is 10.3. The fourth-order valence-corrected chi connectivity index (χ4v) is 0.948. The summed E-state index contributed by atoms with van der Waals surface area (Å²) in [7, 11) is 0. The second-order valence-electron chi connectivity index (χ2n) is 3.71. The number of hydrogen-bond donors (Lipinski definition) is 4. The van der Waals surface area contributed by atoms with Gasteiger partial charge in [0, 0.05) is 12.8 Å². The van der Waals surface area contributed by atoms with Crippen LogP contribution in [0.4, 0.5) is 0 Å². The van der Waals surface area contributed by atoms with Crippen LogP contribution in [0.3, 0.4) is 0 Å². The van der Waals surface area contributed by atoms with Gasteiger partial charge in [-0.15, -0.1) is 0 Å². The first-order valence-corrected chi connectivity index (χ1v) is 5.92. The van der Waals surface area contributed by atoms with E-state index in [0.29, 0.717) is 6.61 Å². The summed E-state index contributed by atoms with van der Waals surface area (Å²) in [6.07, 6.45) is 4.67. The quantitative estimate of drug-likeness (QED) is 0.194. The molecule has 0 bridgehead atoms. The first kappa shape index (κ1) is 16.2. The topological polar surface area (TPSA) is 115 Å². The number of nitrogens with one attached hydrogen (secondary N) is 2. The number of carbonyl (C=O) groups is 1. The Morgan fingerprint density at radius 1 is 1.50 bits per heavy atom. The molecule has 0 radical (unpaired) electrons. The van der Waals surface area contributed by atoms with Gasteiger partial charge in [-0.2, -0.15) is 0 Å². The normalized spacial score (nSPS) is 12.1. The second kappa shape index (κ2) is 10.4. The lowest BCUT2D eigenvalue weighted by Gasteiger charge is -2.11. The molecule has 0 aromatic heterocycles. The molecule has 1 unspecified atom stereocenters. The van der Waals surface area contributed by atoms with E-state index in [1.54, 1.807) is 0 Å². The third kappa shape index (κ3) is 10.7. The molecule has 7 nitrogen and oxygen atoms in total. The molecule has 0 aromatic carbocycles. The van der Waals surface area contributed by atoms with Crippen molar-refractivity contribution in [3.63, 3.8) is 0 Å². The Morgan fingerprint density at radius 2 is 2.22 bits per heavy atom. The zero-order valence-corrected chi connectivity index (χ0v) is 11.0. The van der Waals surface area contributed by atoms with E-state index in [0.717, 1.165) is 12.8 Å². The monoisotopic (exact) mass is 257 g/mol. The zero-order valence-electron chi connectivity index (χ0n) is 11.0. The molecule has 0 saturated heterocycles. The van der Waals surface area contributed by atoms with E-state index in [2.05, 4.69) is 22.5 Å². The molecule has 6 N–H and O–H groups in total. The van der Waals surface area contributed by atoms with Crippen molar-refractivity contribution >= 4 is 12.2 Å². The molecule has 0 spiro atoms. The minimum Gasteiger partial charge on any atom is -0.384 e. The number of carbonyl (C=O) groups excluding carboxylic acids is 1. The number of rotatable bonds is 9. The van der Waals surface area contributed by atoms with Crippen molar-refractivity contribution in [2.24, 2.45) is 16.5 Å². The van der Waals surface area contributed by atoms with Crippen molar-refractivity contribution in [2.75, 3.05) is 13.2 Å². The Bertz CT molecular complexity index is 287. The summed E-state index contributed by atoms with van der Waals surface area (Å²) in [5, 5.41) is 5.29. The van der Waals surface area contributed by atoms with Crippen LogP contribution in [0.15, 0.2) is 17.0 Å². The minimum absolute atomic E-state index is 0.00153. The average molecular weight is 257 g/mol. The summed E-state index contributed by atoms with van der Waals surface area (Å²) < 4.78 is 5.42. The highest BCUT2D eigenvalue weighted by Crippen LogP contribution is 1.90. The van der Waals surface area contributed by atoms with Crippen molar-refractivity contribution in [2.45, 2.75) is 32.9 Å². The number of nitrogens with two attached hydrogens (primary N) is 2. The first-order valence-electron chi connectivity index (χ1n) is 5.92. The maximum Gasteiger partial charge on any atom is 0.245 e. The fourth-order valence-electron chi connectivity index (χ4n) is 0.948. The molecule has 104 valence electrons. The summed E-state index contributed by atoms with van der Waals surface area (Å²) in [4.78, 5) is 15.0. The fraction of sp³-hybridized carbons (Fsp3) is 0.636. The van der Waals surface area contributed by atoms with Gasteiger partial charge in [-0.25, -0.2) is 0 Å². The van der Waals surface area contributed by atoms with Crippen molar-refractivity contribution in [3.8, 4) is 0 Å². The van der Waals surface area contributed by atoms with Gasteiger partial charge in [-0.3, -0.25) is 9.79 Å². The van der Waals surface area contributed by atoms with E-state index < -0.39 is 0 Å². The predicted octanol–water partition coefficient (Wildman–Crippen LogP) is -0.400. The van der Waals surface area contributed by atoms with Gasteiger partial charge in [0.05, 0.1) is 6.34 Å². The van der Waals surface area contributed by atoms with Gasteiger partial charge in [0.2, 0.25) is 5.91 Å². The highest BCUT2D eigenvalue weighted by atomic mass is 16.5. The van der Waals surface area contributed by atoms with Crippen LogP contribution in [0.1, 0.15) is 26.7 Å². The van der Waals surface area contributed by atoms with Gasteiger partial charge in [0.15, 0.2) is 0 Å². The van der Waals surface area contributed by atoms with Crippen LogP contribution in [0.5, 0.6) is 0 Å².